The number of nitrogens with one attached hydrogen (secondary N) is 1. The zero-order chi connectivity index (χ0) is 16.6. The van der Waals surface area contributed by atoms with Gasteiger partial charge in [-0.2, -0.15) is 0 Å². The molecule has 0 heterocycles. The lowest BCUT2D eigenvalue weighted by Crippen LogP contribution is -2.57. The summed E-state index contributed by atoms with van der Waals surface area (Å²) >= 11 is 3.09. The molecule has 1 rings (SSSR count). The molecule has 0 spiro atoms. The number of hydrogen-bond acceptors (Lipinski definition) is 5. The minimum atomic E-state index is -4.18. The van der Waals surface area contributed by atoms with Crippen LogP contribution < -0.4 is 4.72 Å². The van der Waals surface area contributed by atoms with Crippen molar-refractivity contribution in [3.63, 3.8) is 0 Å². The van der Waals surface area contributed by atoms with Gasteiger partial charge in [0.1, 0.15) is 0 Å². The average Bonchev–Trinajstić information content (AvgIpc) is 2.25. The highest BCUT2D eigenvalue weighted by Crippen LogP contribution is 2.30. The van der Waals surface area contributed by atoms with Crippen LogP contribution in [0.25, 0.3) is 0 Å². The minimum absolute atomic E-state index is 0.398. The second kappa shape index (κ2) is 5.64. The van der Waals surface area contributed by atoms with Gasteiger partial charge >= 0.3 is 0 Å². The lowest BCUT2D eigenvalue weighted by Gasteiger charge is -2.37. The van der Waals surface area contributed by atoms with E-state index in [2.05, 4.69) is 20.7 Å². The van der Waals surface area contributed by atoms with Crippen molar-refractivity contribution < 1.29 is 18.4 Å². The fourth-order valence-corrected chi connectivity index (χ4v) is 3.61. The van der Waals surface area contributed by atoms with Gasteiger partial charge in [-0.15, -0.1) is 0 Å². The molecular formula is C12H17BrN2O5S. The summed E-state index contributed by atoms with van der Waals surface area (Å²) in [6, 6.07) is 3.65. The molecule has 1 aromatic rings. The quantitative estimate of drug-likeness (QED) is 0.600. The SMILES string of the molecule is CC(C)(O)C(C)(C)NS(=O)(=O)c1cc(Br)ccc1[N+](=O)[O-]. The molecule has 1 aromatic carbocycles. The maximum Gasteiger partial charge on any atom is 0.289 e. The fourth-order valence-electron chi connectivity index (χ4n) is 1.37. The largest absolute Gasteiger partial charge is 0.389 e. The number of benzene rings is 1. The molecule has 9 heteroatoms. The molecule has 0 aliphatic carbocycles. The highest BCUT2D eigenvalue weighted by atomic mass is 79.9. The highest BCUT2D eigenvalue weighted by molar-refractivity contribution is 9.10. The van der Waals surface area contributed by atoms with Crippen LogP contribution in [0.1, 0.15) is 27.7 Å². The predicted octanol–water partition coefficient (Wildman–Crippen LogP) is 2.19. The first-order valence-corrected chi connectivity index (χ1v) is 8.26. The van der Waals surface area contributed by atoms with E-state index in [0.717, 1.165) is 12.1 Å². The van der Waals surface area contributed by atoms with E-state index in [9.17, 15) is 23.6 Å². The number of rotatable bonds is 5. The Morgan fingerprint density at radius 2 is 1.81 bits per heavy atom. The van der Waals surface area contributed by atoms with Crippen LogP contribution in [-0.4, -0.2) is 29.6 Å². The zero-order valence-electron chi connectivity index (χ0n) is 12.0. The Balaban J connectivity index is 3.39. The highest BCUT2D eigenvalue weighted by Gasteiger charge is 2.40. The Hall–Kier alpha value is -1.03. The van der Waals surface area contributed by atoms with Gasteiger partial charge in [-0.1, -0.05) is 15.9 Å². The maximum atomic E-state index is 12.4. The van der Waals surface area contributed by atoms with Crippen molar-refractivity contribution in [3.8, 4) is 0 Å². The number of halogens is 1. The number of nitrogens with zero attached hydrogens (tertiary/aromatic N) is 1. The Morgan fingerprint density at radius 1 is 1.29 bits per heavy atom. The summed E-state index contributed by atoms with van der Waals surface area (Å²) in [5.41, 5.74) is -3.11. The van der Waals surface area contributed by atoms with Gasteiger partial charge in [0.05, 0.1) is 16.1 Å². The van der Waals surface area contributed by atoms with Gasteiger partial charge < -0.3 is 5.11 Å². The molecule has 0 aliphatic heterocycles. The first-order valence-electron chi connectivity index (χ1n) is 5.98. The van der Waals surface area contributed by atoms with Gasteiger partial charge in [-0.3, -0.25) is 10.1 Å². The molecule has 0 saturated heterocycles. The van der Waals surface area contributed by atoms with Crippen molar-refractivity contribution in [2.24, 2.45) is 0 Å². The van der Waals surface area contributed by atoms with E-state index in [1.807, 2.05) is 0 Å². The van der Waals surface area contributed by atoms with Crippen LogP contribution >= 0.6 is 15.9 Å². The number of sulfonamides is 1. The summed E-state index contributed by atoms with van der Waals surface area (Å²) in [7, 11) is -4.18. The summed E-state index contributed by atoms with van der Waals surface area (Å²) in [4.78, 5) is 9.77. The van der Waals surface area contributed by atoms with Gasteiger partial charge in [0.2, 0.25) is 10.0 Å². The van der Waals surface area contributed by atoms with Gasteiger partial charge in [-0.05, 0) is 39.8 Å². The summed E-state index contributed by atoms with van der Waals surface area (Å²) in [5.74, 6) is 0. The van der Waals surface area contributed by atoms with Crippen LogP contribution in [0.4, 0.5) is 5.69 Å². The summed E-state index contributed by atoms with van der Waals surface area (Å²) in [6.45, 7) is 5.89. The van der Waals surface area contributed by atoms with Crippen molar-refractivity contribution in [2.45, 2.75) is 43.7 Å². The van der Waals surface area contributed by atoms with E-state index in [1.165, 1.54) is 33.8 Å². The standard InChI is InChI=1S/C12H17BrN2O5S/c1-11(2,12(3,4)16)14-21(19,20)10-7-8(13)5-6-9(10)15(17)18/h5-7,14,16H,1-4H3. The molecule has 21 heavy (non-hydrogen) atoms. The topological polar surface area (TPSA) is 110 Å². The van der Waals surface area contributed by atoms with Crippen molar-refractivity contribution in [1.29, 1.82) is 0 Å². The van der Waals surface area contributed by atoms with Crippen molar-refractivity contribution in [1.82, 2.24) is 4.72 Å². The number of nitro benzene ring substituents is 1. The second-order valence-electron chi connectivity index (χ2n) is 5.66. The number of aliphatic hydroxyl groups is 1. The summed E-state index contributed by atoms with van der Waals surface area (Å²) in [5, 5.41) is 21.0. The van der Waals surface area contributed by atoms with Crippen molar-refractivity contribution >= 4 is 31.6 Å². The molecule has 0 aliphatic rings. The average molecular weight is 381 g/mol. The van der Waals surface area contributed by atoms with Crippen molar-refractivity contribution in [3.05, 3.63) is 32.8 Å². The van der Waals surface area contributed by atoms with Crippen LogP contribution in [0.2, 0.25) is 0 Å². The third kappa shape index (κ3) is 4.00. The van der Waals surface area contributed by atoms with E-state index >= 15 is 0 Å². The Morgan fingerprint density at radius 3 is 2.24 bits per heavy atom. The van der Waals surface area contributed by atoms with E-state index in [0.29, 0.717) is 4.47 Å². The van der Waals surface area contributed by atoms with E-state index in [4.69, 9.17) is 0 Å². The van der Waals surface area contributed by atoms with Crippen LogP contribution in [0.5, 0.6) is 0 Å². The third-order valence-corrected chi connectivity index (χ3v) is 5.51. The molecule has 0 bridgehead atoms. The smallest absolute Gasteiger partial charge is 0.289 e. The van der Waals surface area contributed by atoms with Crippen molar-refractivity contribution in [2.75, 3.05) is 0 Å². The Bertz CT molecular complexity index is 665. The van der Waals surface area contributed by atoms with Gasteiger partial charge in [-0.25, -0.2) is 13.1 Å². The lowest BCUT2D eigenvalue weighted by molar-refractivity contribution is -0.387. The van der Waals surface area contributed by atoms with E-state index < -0.39 is 36.7 Å². The van der Waals surface area contributed by atoms with E-state index in [-0.39, 0.29) is 0 Å². The monoisotopic (exact) mass is 380 g/mol. The molecule has 0 unspecified atom stereocenters. The Kier molecular flexibility index (Phi) is 4.84. The van der Waals surface area contributed by atoms with Gasteiger partial charge in [0.15, 0.2) is 4.90 Å². The summed E-state index contributed by atoms with van der Waals surface area (Å²) in [6.07, 6.45) is 0. The van der Waals surface area contributed by atoms with Gasteiger partial charge in [0, 0.05) is 10.5 Å². The third-order valence-electron chi connectivity index (χ3n) is 3.33. The maximum absolute atomic E-state index is 12.4. The molecule has 0 atom stereocenters. The molecular weight excluding hydrogens is 364 g/mol. The molecule has 2 N–H and O–H groups in total. The van der Waals surface area contributed by atoms with Crippen LogP contribution in [0, 0.1) is 10.1 Å². The first kappa shape index (κ1) is 18.0. The molecule has 0 saturated carbocycles. The first-order chi connectivity index (χ1) is 9.28. The normalized spacial score (nSPS) is 13.2. The second-order valence-corrected chi connectivity index (χ2v) is 8.23. The zero-order valence-corrected chi connectivity index (χ0v) is 14.4. The molecule has 118 valence electrons. The van der Waals surface area contributed by atoms with Crippen LogP contribution in [0.3, 0.4) is 0 Å². The fraction of sp³-hybridized carbons (Fsp3) is 0.500. The molecule has 0 fully saturated rings. The van der Waals surface area contributed by atoms with E-state index in [1.54, 1.807) is 0 Å². The molecule has 0 aromatic heterocycles. The molecule has 7 nitrogen and oxygen atoms in total. The lowest BCUT2D eigenvalue weighted by atomic mass is 9.87. The van der Waals surface area contributed by atoms with Crippen LogP contribution in [0.15, 0.2) is 27.6 Å². The molecule has 0 radical (unpaired) electrons. The predicted molar refractivity (Wildman–Crippen MR) is 81.5 cm³/mol. The molecule has 0 amide bonds. The number of hydrogen-bond donors (Lipinski definition) is 2. The van der Waals surface area contributed by atoms with Gasteiger partial charge in [0.25, 0.3) is 5.69 Å². The number of nitro groups is 1. The summed E-state index contributed by atoms with van der Waals surface area (Å²) < 4.78 is 27.6. The Labute approximate surface area is 131 Å². The van der Waals surface area contributed by atoms with Crippen LogP contribution in [-0.2, 0) is 10.0 Å². The minimum Gasteiger partial charge on any atom is -0.389 e.